The Morgan fingerprint density at radius 3 is 2.12 bits per heavy atom. The number of amides is 2. The summed E-state index contributed by atoms with van der Waals surface area (Å²) in [6, 6.07) is 12.8. The third kappa shape index (κ3) is 7.29. The van der Waals surface area contributed by atoms with Crippen molar-refractivity contribution in [3.63, 3.8) is 0 Å². The van der Waals surface area contributed by atoms with E-state index in [9.17, 15) is 9.59 Å². The van der Waals surface area contributed by atoms with Crippen LogP contribution in [0.3, 0.4) is 0 Å². The summed E-state index contributed by atoms with van der Waals surface area (Å²) in [4.78, 5) is 27.9. The number of methoxy groups -OCH3 is 1. The van der Waals surface area contributed by atoms with Crippen LogP contribution in [0.2, 0.25) is 0 Å². The number of hydrogen-bond donors (Lipinski definition) is 1. The van der Waals surface area contributed by atoms with Crippen LogP contribution >= 0.6 is 0 Å². The molecule has 0 saturated heterocycles. The maximum Gasteiger partial charge on any atom is 0.261 e. The van der Waals surface area contributed by atoms with Gasteiger partial charge in [0.25, 0.3) is 5.91 Å². The largest absolute Gasteiger partial charge is 0.497 e. The Bertz CT molecular complexity index is 875. The first-order chi connectivity index (χ1) is 15.3. The molecule has 2 unspecified atom stereocenters. The molecule has 0 aromatic heterocycles. The summed E-state index contributed by atoms with van der Waals surface area (Å²) in [7, 11) is 1.61. The Morgan fingerprint density at radius 1 is 0.969 bits per heavy atom. The predicted molar refractivity (Wildman–Crippen MR) is 127 cm³/mol. The van der Waals surface area contributed by atoms with E-state index in [1.807, 2.05) is 71.0 Å². The molecule has 2 atom stereocenters. The highest BCUT2D eigenvalue weighted by Gasteiger charge is 2.29. The zero-order valence-corrected chi connectivity index (χ0v) is 20.1. The van der Waals surface area contributed by atoms with Crippen molar-refractivity contribution in [1.29, 1.82) is 0 Å². The van der Waals surface area contributed by atoms with Crippen LogP contribution in [0.15, 0.2) is 42.5 Å². The first-order valence-electron chi connectivity index (χ1n) is 11.2. The Hall–Kier alpha value is -3.02. The van der Waals surface area contributed by atoms with Crippen LogP contribution in [0.4, 0.5) is 0 Å². The molecular formula is C26H36N2O4. The van der Waals surface area contributed by atoms with Crippen LogP contribution in [-0.4, -0.2) is 42.5 Å². The van der Waals surface area contributed by atoms with Gasteiger partial charge in [-0.15, -0.1) is 0 Å². The average Bonchev–Trinajstić information content (AvgIpc) is 2.77. The summed E-state index contributed by atoms with van der Waals surface area (Å²) in [5.41, 5.74) is 3.06. The Kier molecular flexibility index (Phi) is 9.57. The number of carbonyl (C=O) groups is 2. The van der Waals surface area contributed by atoms with Gasteiger partial charge in [-0.05, 0) is 74.6 Å². The van der Waals surface area contributed by atoms with Gasteiger partial charge in [0.1, 0.15) is 17.5 Å². The lowest BCUT2D eigenvalue weighted by Crippen LogP contribution is -2.51. The zero-order chi connectivity index (χ0) is 23.7. The Labute approximate surface area is 191 Å². The van der Waals surface area contributed by atoms with Crippen LogP contribution in [0.1, 0.15) is 50.3 Å². The van der Waals surface area contributed by atoms with Crippen LogP contribution < -0.4 is 14.8 Å². The van der Waals surface area contributed by atoms with Crippen LogP contribution in [0.5, 0.6) is 11.5 Å². The number of rotatable bonds is 11. The van der Waals surface area contributed by atoms with Gasteiger partial charge in [-0.2, -0.15) is 0 Å². The summed E-state index contributed by atoms with van der Waals surface area (Å²) >= 11 is 0. The summed E-state index contributed by atoms with van der Waals surface area (Å²) in [5.74, 6) is 1.02. The summed E-state index contributed by atoms with van der Waals surface area (Å²) in [5, 5.41) is 3.02. The second-order valence-electron chi connectivity index (χ2n) is 8.22. The van der Waals surface area contributed by atoms with E-state index in [0.29, 0.717) is 18.7 Å². The number of carbonyl (C=O) groups excluding carboxylic acids is 2. The zero-order valence-electron chi connectivity index (χ0n) is 20.1. The highest BCUT2D eigenvalue weighted by atomic mass is 16.5. The molecule has 0 aliphatic rings. The smallest absolute Gasteiger partial charge is 0.261 e. The first kappa shape index (κ1) is 25.2. The van der Waals surface area contributed by atoms with E-state index in [1.54, 1.807) is 12.0 Å². The van der Waals surface area contributed by atoms with Gasteiger partial charge >= 0.3 is 0 Å². The molecule has 2 rings (SSSR count). The van der Waals surface area contributed by atoms with Crippen molar-refractivity contribution < 1.29 is 19.1 Å². The molecule has 6 heteroatoms. The second-order valence-corrected chi connectivity index (χ2v) is 8.22. The molecule has 0 spiro atoms. The Morgan fingerprint density at radius 2 is 1.59 bits per heavy atom. The highest BCUT2D eigenvalue weighted by Crippen LogP contribution is 2.19. The molecule has 0 fully saturated rings. The lowest BCUT2D eigenvalue weighted by molar-refractivity contribution is -0.143. The molecular weight excluding hydrogens is 404 g/mol. The standard InChI is InChI=1S/C26H36N2O4/c1-7-20(5)27-26(30)24(8-2)28(16-21-9-11-22(31-6)12-10-21)25(29)17-32-23-14-18(3)13-19(4)15-23/h9-15,20,24H,7-8,16-17H2,1-6H3,(H,27,30). The van der Waals surface area contributed by atoms with Crippen molar-refractivity contribution in [2.75, 3.05) is 13.7 Å². The van der Waals surface area contributed by atoms with Crippen molar-refractivity contribution in [3.05, 3.63) is 59.2 Å². The third-order valence-corrected chi connectivity index (χ3v) is 5.46. The number of ether oxygens (including phenoxy) is 2. The van der Waals surface area contributed by atoms with Crippen molar-refractivity contribution in [2.45, 2.75) is 66.1 Å². The molecule has 32 heavy (non-hydrogen) atoms. The van der Waals surface area contributed by atoms with Gasteiger partial charge in [0.15, 0.2) is 6.61 Å². The molecule has 0 bridgehead atoms. The molecule has 2 aromatic rings. The number of nitrogens with zero attached hydrogens (tertiary/aromatic N) is 1. The first-order valence-corrected chi connectivity index (χ1v) is 11.2. The number of nitrogens with one attached hydrogen (secondary N) is 1. The van der Waals surface area contributed by atoms with Crippen LogP contribution in [0.25, 0.3) is 0 Å². The van der Waals surface area contributed by atoms with Gasteiger partial charge in [0.2, 0.25) is 5.91 Å². The molecule has 1 N–H and O–H groups in total. The van der Waals surface area contributed by atoms with E-state index in [2.05, 4.69) is 11.4 Å². The number of benzene rings is 2. The molecule has 0 aliphatic carbocycles. The van der Waals surface area contributed by atoms with Crippen molar-refractivity contribution >= 4 is 11.8 Å². The summed E-state index contributed by atoms with van der Waals surface area (Å²) in [6.07, 6.45) is 1.33. The molecule has 0 aliphatic heterocycles. The third-order valence-electron chi connectivity index (χ3n) is 5.46. The molecule has 0 radical (unpaired) electrons. The van der Waals surface area contributed by atoms with Crippen molar-refractivity contribution in [1.82, 2.24) is 10.2 Å². The minimum absolute atomic E-state index is 0.0426. The van der Waals surface area contributed by atoms with Gasteiger partial charge in [-0.3, -0.25) is 9.59 Å². The topological polar surface area (TPSA) is 67.9 Å². The van der Waals surface area contributed by atoms with Crippen LogP contribution in [-0.2, 0) is 16.1 Å². The molecule has 0 saturated carbocycles. The minimum Gasteiger partial charge on any atom is -0.497 e. The van der Waals surface area contributed by atoms with E-state index in [4.69, 9.17) is 9.47 Å². The quantitative estimate of drug-likeness (QED) is 0.562. The van der Waals surface area contributed by atoms with E-state index < -0.39 is 6.04 Å². The monoisotopic (exact) mass is 440 g/mol. The van der Waals surface area contributed by atoms with E-state index >= 15 is 0 Å². The fourth-order valence-electron chi connectivity index (χ4n) is 3.53. The molecule has 0 heterocycles. The van der Waals surface area contributed by atoms with Crippen molar-refractivity contribution in [2.24, 2.45) is 0 Å². The summed E-state index contributed by atoms with van der Waals surface area (Å²) in [6.45, 7) is 10.1. The fraction of sp³-hybridized carbons (Fsp3) is 0.462. The van der Waals surface area contributed by atoms with E-state index in [-0.39, 0.29) is 24.5 Å². The van der Waals surface area contributed by atoms with Gasteiger partial charge in [-0.1, -0.05) is 32.0 Å². The maximum absolute atomic E-state index is 13.3. The van der Waals surface area contributed by atoms with E-state index in [0.717, 1.165) is 28.9 Å². The van der Waals surface area contributed by atoms with Crippen LogP contribution in [0, 0.1) is 13.8 Å². The maximum atomic E-state index is 13.3. The fourth-order valence-corrected chi connectivity index (χ4v) is 3.53. The van der Waals surface area contributed by atoms with Gasteiger partial charge < -0.3 is 19.7 Å². The lowest BCUT2D eigenvalue weighted by atomic mass is 10.1. The van der Waals surface area contributed by atoms with Gasteiger partial charge in [0, 0.05) is 12.6 Å². The predicted octanol–water partition coefficient (Wildman–Crippen LogP) is 4.41. The molecule has 6 nitrogen and oxygen atoms in total. The van der Waals surface area contributed by atoms with E-state index in [1.165, 1.54) is 0 Å². The van der Waals surface area contributed by atoms with Crippen molar-refractivity contribution in [3.8, 4) is 11.5 Å². The molecule has 174 valence electrons. The SMILES string of the molecule is CCC(C)NC(=O)C(CC)N(Cc1ccc(OC)cc1)C(=O)COc1cc(C)cc(C)c1. The second kappa shape index (κ2) is 12.1. The Balaban J connectivity index is 2.23. The molecule has 2 aromatic carbocycles. The summed E-state index contributed by atoms with van der Waals surface area (Å²) < 4.78 is 11.0. The van der Waals surface area contributed by atoms with Gasteiger partial charge in [-0.25, -0.2) is 0 Å². The minimum atomic E-state index is -0.582. The highest BCUT2D eigenvalue weighted by molar-refractivity contribution is 5.88. The normalized spacial score (nSPS) is 12.6. The lowest BCUT2D eigenvalue weighted by Gasteiger charge is -2.31. The number of aryl methyl sites for hydroxylation is 2. The molecule has 2 amide bonds. The average molecular weight is 441 g/mol. The number of hydrogen-bond acceptors (Lipinski definition) is 4. The van der Waals surface area contributed by atoms with Gasteiger partial charge in [0.05, 0.1) is 7.11 Å².